The number of hydrogen-bond donors (Lipinski definition) is 0. The minimum atomic E-state index is 0. The molecule has 0 fully saturated rings. The Labute approximate surface area is 222 Å². The van der Waals surface area contributed by atoms with Gasteiger partial charge in [0.15, 0.2) is 0 Å². The third kappa shape index (κ3) is 10.5. The SMILES string of the molecule is C=CCCc1ccccc1N=C(CCCC)C(CCCCC)=Nc1ccccc1CCC=C.[Pd]. The Kier molecular flexibility index (Phi) is 16.1. The molecule has 0 aliphatic rings. The molecule has 34 heavy (non-hydrogen) atoms. The second-order valence-corrected chi connectivity index (χ2v) is 8.59. The minimum absolute atomic E-state index is 0. The molecule has 0 unspecified atom stereocenters. The van der Waals surface area contributed by atoms with E-state index in [-0.39, 0.29) is 20.4 Å². The molecule has 2 aromatic rings. The number of para-hydroxylation sites is 2. The van der Waals surface area contributed by atoms with Gasteiger partial charge in [-0.05, 0) is 74.6 Å². The van der Waals surface area contributed by atoms with Gasteiger partial charge in [-0.25, -0.2) is 0 Å². The van der Waals surface area contributed by atoms with Gasteiger partial charge in [-0.15, -0.1) is 13.2 Å². The Morgan fingerprint density at radius 2 is 1.12 bits per heavy atom. The first-order chi connectivity index (χ1) is 16.2. The van der Waals surface area contributed by atoms with Crippen LogP contribution in [0.3, 0.4) is 0 Å². The summed E-state index contributed by atoms with van der Waals surface area (Å²) < 4.78 is 0. The van der Waals surface area contributed by atoms with Crippen molar-refractivity contribution in [2.45, 2.75) is 84.5 Å². The van der Waals surface area contributed by atoms with Crippen LogP contribution in [0.2, 0.25) is 0 Å². The van der Waals surface area contributed by atoms with Gasteiger partial charge in [-0.3, -0.25) is 9.98 Å². The van der Waals surface area contributed by atoms with Crippen LogP contribution in [0.5, 0.6) is 0 Å². The van der Waals surface area contributed by atoms with Crippen molar-refractivity contribution in [2.75, 3.05) is 0 Å². The van der Waals surface area contributed by atoms with Crippen molar-refractivity contribution in [1.29, 1.82) is 0 Å². The number of aryl methyl sites for hydroxylation is 2. The Morgan fingerprint density at radius 3 is 1.56 bits per heavy atom. The van der Waals surface area contributed by atoms with Crippen LogP contribution < -0.4 is 0 Å². The number of unbranched alkanes of at least 4 members (excludes halogenated alkanes) is 3. The molecule has 0 N–H and O–H groups in total. The molecule has 0 atom stereocenters. The average molecular weight is 549 g/mol. The first kappa shape index (κ1) is 30.0. The van der Waals surface area contributed by atoms with E-state index < -0.39 is 0 Å². The number of allylic oxidation sites excluding steroid dienone is 2. The smallest absolute Gasteiger partial charge is 0.0665 e. The van der Waals surface area contributed by atoms with Gasteiger partial charge in [-0.2, -0.15) is 0 Å². The van der Waals surface area contributed by atoms with Gasteiger partial charge >= 0.3 is 0 Å². The van der Waals surface area contributed by atoms with Crippen LogP contribution >= 0.6 is 0 Å². The molecule has 0 radical (unpaired) electrons. The second-order valence-electron chi connectivity index (χ2n) is 8.59. The maximum absolute atomic E-state index is 5.26. The molecule has 3 heteroatoms. The fourth-order valence-electron chi connectivity index (χ4n) is 3.88. The molecule has 0 amide bonds. The van der Waals surface area contributed by atoms with Gasteiger partial charge in [0, 0.05) is 20.4 Å². The summed E-state index contributed by atoms with van der Waals surface area (Å²) in [7, 11) is 0. The fourth-order valence-corrected chi connectivity index (χ4v) is 3.88. The minimum Gasteiger partial charge on any atom is -0.251 e. The van der Waals surface area contributed by atoms with E-state index in [0.717, 1.165) is 80.6 Å². The molecular formula is C31H42N2Pd. The molecule has 0 bridgehead atoms. The average Bonchev–Trinajstić information content (AvgIpc) is 2.84. The van der Waals surface area contributed by atoms with E-state index in [2.05, 4.69) is 75.5 Å². The molecule has 0 aliphatic heterocycles. The molecule has 0 saturated heterocycles. The first-order valence-electron chi connectivity index (χ1n) is 12.8. The van der Waals surface area contributed by atoms with Gasteiger partial charge < -0.3 is 0 Å². The van der Waals surface area contributed by atoms with E-state index in [4.69, 9.17) is 9.98 Å². The predicted octanol–water partition coefficient (Wildman–Crippen LogP) is 9.54. The molecule has 0 saturated carbocycles. The molecule has 2 aromatic carbocycles. The maximum Gasteiger partial charge on any atom is 0.0665 e. The normalized spacial score (nSPS) is 11.7. The first-order valence-corrected chi connectivity index (χ1v) is 12.8. The molecular weight excluding hydrogens is 507 g/mol. The van der Waals surface area contributed by atoms with Crippen LogP contribution in [-0.4, -0.2) is 11.4 Å². The van der Waals surface area contributed by atoms with Crippen LogP contribution in [0.15, 0.2) is 83.8 Å². The van der Waals surface area contributed by atoms with Crippen LogP contribution in [-0.2, 0) is 33.3 Å². The van der Waals surface area contributed by atoms with Crippen molar-refractivity contribution >= 4 is 22.8 Å². The zero-order valence-corrected chi connectivity index (χ0v) is 22.7. The molecule has 0 aliphatic carbocycles. The van der Waals surface area contributed by atoms with Crippen molar-refractivity contribution in [3.05, 3.63) is 85.0 Å². The molecule has 2 rings (SSSR count). The van der Waals surface area contributed by atoms with Crippen LogP contribution in [0, 0.1) is 0 Å². The zero-order valence-electron chi connectivity index (χ0n) is 21.2. The molecule has 2 nitrogen and oxygen atoms in total. The summed E-state index contributed by atoms with van der Waals surface area (Å²) >= 11 is 0. The van der Waals surface area contributed by atoms with E-state index in [9.17, 15) is 0 Å². The number of aliphatic imine (C=N–C) groups is 2. The summed E-state index contributed by atoms with van der Waals surface area (Å²) in [5.74, 6) is 0. The van der Waals surface area contributed by atoms with Gasteiger partial charge in [0.05, 0.1) is 22.8 Å². The second kappa shape index (κ2) is 18.3. The summed E-state index contributed by atoms with van der Waals surface area (Å²) in [6.45, 7) is 12.3. The number of benzene rings is 2. The van der Waals surface area contributed by atoms with Crippen molar-refractivity contribution in [3.8, 4) is 0 Å². The zero-order chi connectivity index (χ0) is 23.7. The Balaban J connectivity index is 0.00000578. The topological polar surface area (TPSA) is 24.7 Å². The quantitative estimate of drug-likeness (QED) is 0.0863. The van der Waals surface area contributed by atoms with Gasteiger partial charge in [0.2, 0.25) is 0 Å². The number of hydrogen-bond acceptors (Lipinski definition) is 2. The van der Waals surface area contributed by atoms with Gasteiger partial charge in [-0.1, -0.05) is 81.7 Å². The standard InChI is InChI=1S/C31H42N2.Pd/c1-5-9-13-25-31(33-29-24-17-15-21-27(29)19-11-7-3)30(22-12-8-4)32-28-23-16-14-20-26(28)18-10-6-2;/h6-7,14-17,20-21,23-24H,2-3,5,8-13,18-19,22,25H2,1,4H3;. The fraction of sp³-hybridized carbons (Fsp3) is 0.419. The van der Waals surface area contributed by atoms with Crippen LogP contribution in [0.1, 0.15) is 82.8 Å². The van der Waals surface area contributed by atoms with E-state index in [1.54, 1.807) is 0 Å². The Bertz CT molecular complexity index is 927. The summed E-state index contributed by atoms with van der Waals surface area (Å²) in [6, 6.07) is 17.1. The van der Waals surface area contributed by atoms with Gasteiger partial charge in [0.1, 0.15) is 0 Å². The molecule has 0 spiro atoms. The van der Waals surface area contributed by atoms with Gasteiger partial charge in [0.25, 0.3) is 0 Å². The Morgan fingerprint density at radius 1 is 0.676 bits per heavy atom. The van der Waals surface area contributed by atoms with Crippen LogP contribution in [0.4, 0.5) is 11.4 Å². The third-order valence-corrected chi connectivity index (χ3v) is 5.85. The Hall–Kier alpha value is -2.08. The largest absolute Gasteiger partial charge is 0.251 e. The third-order valence-electron chi connectivity index (χ3n) is 5.85. The van der Waals surface area contributed by atoms with Crippen molar-refractivity contribution in [1.82, 2.24) is 0 Å². The molecule has 186 valence electrons. The number of rotatable bonds is 16. The molecule has 0 heterocycles. The van der Waals surface area contributed by atoms with E-state index in [1.807, 2.05) is 12.2 Å². The van der Waals surface area contributed by atoms with Crippen LogP contribution in [0.25, 0.3) is 0 Å². The monoisotopic (exact) mass is 548 g/mol. The summed E-state index contributed by atoms with van der Waals surface area (Å²) in [4.78, 5) is 10.5. The van der Waals surface area contributed by atoms with Crippen molar-refractivity contribution < 1.29 is 20.4 Å². The van der Waals surface area contributed by atoms with Crippen molar-refractivity contribution in [2.24, 2.45) is 9.98 Å². The summed E-state index contributed by atoms with van der Waals surface area (Å²) in [6.07, 6.45) is 15.6. The molecule has 0 aromatic heterocycles. The maximum atomic E-state index is 5.26. The van der Waals surface area contributed by atoms with E-state index in [1.165, 1.54) is 24.0 Å². The number of nitrogens with zero attached hydrogens (tertiary/aromatic N) is 2. The van der Waals surface area contributed by atoms with E-state index in [0.29, 0.717) is 0 Å². The predicted molar refractivity (Wildman–Crippen MR) is 148 cm³/mol. The van der Waals surface area contributed by atoms with Crippen molar-refractivity contribution in [3.63, 3.8) is 0 Å². The van der Waals surface area contributed by atoms with E-state index >= 15 is 0 Å². The summed E-state index contributed by atoms with van der Waals surface area (Å²) in [5.41, 5.74) is 7.03. The summed E-state index contributed by atoms with van der Waals surface area (Å²) in [5, 5.41) is 0.